The van der Waals surface area contributed by atoms with Crippen molar-refractivity contribution < 1.29 is 13.6 Å². The van der Waals surface area contributed by atoms with Gasteiger partial charge in [-0.1, -0.05) is 23.7 Å². The van der Waals surface area contributed by atoms with E-state index < -0.39 is 11.9 Å². The average molecular weight is 537 g/mol. The van der Waals surface area contributed by atoms with Gasteiger partial charge in [-0.3, -0.25) is 10.1 Å². The van der Waals surface area contributed by atoms with Crippen molar-refractivity contribution in [1.29, 1.82) is 0 Å². The van der Waals surface area contributed by atoms with Crippen LogP contribution < -0.4 is 21.7 Å². The van der Waals surface area contributed by atoms with E-state index in [1.54, 1.807) is 13.3 Å². The SMILES string of the molecule is CCn1cnc(CNC(=O)C2=C(C)NC(Nc3nc4ccc(F)c(N)c4o3)=NC2c2ccc(C)cc2Cl)c1. The molecule has 1 amide bonds. The molecule has 5 rings (SSSR count). The number of aryl methyl sites for hydroxylation is 2. The van der Waals surface area contributed by atoms with Crippen LogP contribution >= 0.6 is 11.6 Å². The van der Waals surface area contributed by atoms with Crippen molar-refractivity contribution in [2.45, 2.75) is 39.9 Å². The summed E-state index contributed by atoms with van der Waals surface area (Å²) in [4.78, 5) is 26.8. The van der Waals surface area contributed by atoms with Crippen LogP contribution in [0.4, 0.5) is 16.1 Å². The second-order valence-corrected chi connectivity index (χ2v) is 9.31. The van der Waals surface area contributed by atoms with Gasteiger partial charge in [0.1, 0.15) is 23.1 Å². The number of guanidine groups is 1. The largest absolute Gasteiger partial charge is 0.421 e. The number of imidazole rings is 1. The molecule has 38 heavy (non-hydrogen) atoms. The third kappa shape index (κ3) is 4.92. The van der Waals surface area contributed by atoms with Crippen LogP contribution in [-0.2, 0) is 17.9 Å². The molecule has 12 heteroatoms. The Bertz CT molecular complexity index is 1610. The summed E-state index contributed by atoms with van der Waals surface area (Å²) >= 11 is 6.61. The molecule has 0 spiro atoms. The number of anilines is 2. The van der Waals surface area contributed by atoms with Crippen molar-refractivity contribution in [3.05, 3.63) is 81.8 Å². The monoisotopic (exact) mass is 536 g/mol. The second-order valence-electron chi connectivity index (χ2n) is 8.90. The molecule has 1 aliphatic heterocycles. The van der Waals surface area contributed by atoms with E-state index in [9.17, 15) is 9.18 Å². The van der Waals surface area contributed by atoms with Crippen LogP contribution in [0.5, 0.6) is 0 Å². The minimum Gasteiger partial charge on any atom is -0.421 e. The lowest BCUT2D eigenvalue weighted by molar-refractivity contribution is -0.118. The first-order valence-electron chi connectivity index (χ1n) is 12.0. The maximum absolute atomic E-state index is 13.9. The van der Waals surface area contributed by atoms with Crippen LogP contribution in [0.25, 0.3) is 11.1 Å². The van der Waals surface area contributed by atoms with Gasteiger partial charge < -0.3 is 25.4 Å². The van der Waals surface area contributed by atoms with Crippen molar-refractivity contribution in [2.24, 2.45) is 4.99 Å². The van der Waals surface area contributed by atoms with Gasteiger partial charge in [-0.15, -0.1) is 0 Å². The zero-order valence-corrected chi connectivity index (χ0v) is 21.7. The van der Waals surface area contributed by atoms with E-state index in [1.165, 1.54) is 12.1 Å². The summed E-state index contributed by atoms with van der Waals surface area (Å²) in [5.74, 6) is -0.637. The molecule has 196 valence electrons. The standard InChI is InChI=1S/C26H26ClFN8O2/c1-4-36-11-15(31-12-36)10-30-24(37)20-14(3)32-25(34-22(20)16-6-5-13(2)9-17(16)27)35-26-33-19-8-7-18(28)21(29)23(19)38-26/h5-9,11-12,22H,4,10,29H2,1-3H3,(H,30,37)(H2,32,33,34,35). The molecule has 5 N–H and O–H groups in total. The molecule has 0 fully saturated rings. The van der Waals surface area contributed by atoms with Crippen molar-refractivity contribution in [3.63, 3.8) is 0 Å². The Morgan fingerprint density at radius 3 is 2.84 bits per heavy atom. The smallest absolute Gasteiger partial charge is 0.302 e. The Balaban J connectivity index is 1.45. The number of aromatic nitrogens is 3. The third-order valence-electron chi connectivity index (χ3n) is 6.19. The highest BCUT2D eigenvalue weighted by Gasteiger charge is 2.31. The number of halogens is 2. The summed E-state index contributed by atoms with van der Waals surface area (Å²) in [5, 5.41) is 9.48. The first-order chi connectivity index (χ1) is 18.2. The van der Waals surface area contributed by atoms with E-state index in [2.05, 4.69) is 25.9 Å². The fourth-order valence-corrected chi connectivity index (χ4v) is 4.53. The molecule has 0 aliphatic carbocycles. The van der Waals surface area contributed by atoms with Crippen molar-refractivity contribution in [1.82, 2.24) is 25.2 Å². The summed E-state index contributed by atoms with van der Waals surface area (Å²) in [5.41, 5.74) is 9.50. The number of oxazole rings is 1. The Labute approximate surface area is 222 Å². The van der Waals surface area contributed by atoms with E-state index in [4.69, 9.17) is 26.7 Å². The molecule has 1 atom stereocenters. The average Bonchev–Trinajstić information content (AvgIpc) is 3.51. The van der Waals surface area contributed by atoms with E-state index in [1.807, 2.05) is 42.8 Å². The Morgan fingerprint density at radius 2 is 2.11 bits per heavy atom. The highest BCUT2D eigenvalue weighted by molar-refractivity contribution is 6.31. The predicted molar refractivity (Wildman–Crippen MR) is 144 cm³/mol. The second kappa shape index (κ2) is 10.2. The van der Waals surface area contributed by atoms with Gasteiger partial charge in [0.15, 0.2) is 5.58 Å². The van der Waals surface area contributed by atoms with Crippen LogP contribution in [0.2, 0.25) is 5.02 Å². The first kappa shape index (κ1) is 25.3. The summed E-state index contributed by atoms with van der Waals surface area (Å²) in [6, 6.07) is 7.60. The van der Waals surface area contributed by atoms with E-state index in [0.717, 1.165) is 17.8 Å². The molecule has 0 radical (unpaired) electrons. The number of nitrogens with one attached hydrogen (secondary N) is 3. The molecular formula is C26H26ClFN8O2. The first-order valence-corrected chi connectivity index (χ1v) is 12.3. The topological polar surface area (TPSA) is 135 Å². The zero-order chi connectivity index (χ0) is 27.0. The molecule has 4 aromatic rings. The number of hydrogen-bond donors (Lipinski definition) is 4. The molecule has 0 saturated heterocycles. The summed E-state index contributed by atoms with van der Waals surface area (Å²) in [7, 11) is 0. The minimum atomic E-state index is -0.730. The fourth-order valence-electron chi connectivity index (χ4n) is 4.19. The summed E-state index contributed by atoms with van der Waals surface area (Å²) in [6.45, 7) is 6.76. The van der Waals surface area contributed by atoms with Gasteiger partial charge >= 0.3 is 6.01 Å². The molecule has 0 bridgehead atoms. The maximum Gasteiger partial charge on any atom is 0.302 e. The van der Waals surface area contributed by atoms with E-state index in [-0.39, 0.29) is 35.7 Å². The van der Waals surface area contributed by atoms with Crippen molar-refractivity contribution >= 4 is 46.3 Å². The molecule has 2 aromatic carbocycles. The van der Waals surface area contributed by atoms with Crippen LogP contribution in [0.1, 0.15) is 36.7 Å². The lowest BCUT2D eigenvalue weighted by atomic mass is 9.95. The van der Waals surface area contributed by atoms with Crippen LogP contribution in [0.15, 0.2) is 63.5 Å². The Hall–Kier alpha value is -4.38. The summed E-state index contributed by atoms with van der Waals surface area (Å²) in [6.07, 6.45) is 3.60. The quantitative estimate of drug-likeness (QED) is 0.268. The molecule has 0 saturated carbocycles. The number of nitrogen functional groups attached to an aromatic ring is 1. The van der Waals surface area contributed by atoms with Crippen molar-refractivity contribution in [2.75, 3.05) is 11.1 Å². The van der Waals surface area contributed by atoms with Crippen LogP contribution in [-0.4, -0.2) is 26.4 Å². The highest BCUT2D eigenvalue weighted by Crippen LogP contribution is 2.36. The van der Waals surface area contributed by atoms with Crippen LogP contribution in [0.3, 0.4) is 0 Å². The number of benzene rings is 2. The number of amides is 1. The van der Waals surface area contributed by atoms with Gasteiger partial charge in [0.25, 0.3) is 5.91 Å². The van der Waals surface area contributed by atoms with E-state index in [0.29, 0.717) is 27.4 Å². The maximum atomic E-state index is 13.9. The number of carbonyl (C=O) groups is 1. The summed E-state index contributed by atoms with van der Waals surface area (Å²) < 4.78 is 21.4. The lowest BCUT2D eigenvalue weighted by Gasteiger charge is -2.27. The molecule has 1 unspecified atom stereocenters. The Kier molecular flexibility index (Phi) is 6.77. The predicted octanol–water partition coefficient (Wildman–Crippen LogP) is 4.43. The highest BCUT2D eigenvalue weighted by atomic mass is 35.5. The zero-order valence-electron chi connectivity index (χ0n) is 21.0. The van der Waals surface area contributed by atoms with E-state index >= 15 is 0 Å². The van der Waals surface area contributed by atoms with Crippen LogP contribution in [0, 0.1) is 12.7 Å². The Morgan fingerprint density at radius 1 is 1.29 bits per heavy atom. The van der Waals surface area contributed by atoms with Gasteiger partial charge in [-0.05, 0) is 44.5 Å². The normalized spacial score (nSPS) is 15.4. The molecule has 3 heterocycles. The van der Waals surface area contributed by atoms with Gasteiger partial charge in [0, 0.05) is 29.0 Å². The van der Waals surface area contributed by atoms with Crippen molar-refractivity contribution in [3.8, 4) is 0 Å². The molecule has 10 nitrogen and oxygen atoms in total. The number of allylic oxidation sites excluding steroid dienone is 1. The number of fused-ring (bicyclic) bond motifs is 1. The molecule has 1 aliphatic rings. The van der Waals surface area contributed by atoms with Gasteiger partial charge in [-0.2, -0.15) is 4.98 Å². The van der Waals surface area contributed by atoms with Gasteiger partial charge in [0.05, 0.1) is 24.1 Å². The number of aliphatic imine (C=N–C) groups is 1. The number of nitrogens with zero attached hydrogens (tertiary/aromatic N) is 4. The molecule has 2 aromatic heterocycles. The van der Waals surface area contributed by atoms with Gasteiger partial charge in [-0.25, -0.2) is 14.4 Å². The number of carbonyl (C=O) groups excluding carboxylic acids is 1. The van der Waals surface area contributed by atoms with Gasteiger partial charge in [0.2, 0.25) is 5.96 Å². The number of hydrogen-bond acceptors (Lipinski definition) is 8. The fraction of sp³-hybridized carbons (Fsp3) is 0.231. The minimum absolute atomic E-state index is 0.0597. The number of rotatable bonds is 6. The third-order valence-corrected chi connectivity index (χ3v) is 6.51. The molecular weight excluding hydrogens is 511 g/mol. The lowest BCUT2D eigenvalue weighted by Crippen LogP contribution is -2.39. The number of nitrogens with two attached hydrogens (primary N) is 1.